The molecule has 0 heterocycles. The molecule has 0 saturated carbocycles. The summed E-state index contributed by atoms with van der Waals surface area (Å²) < 4.78 is 6.15. The van der Waals surface area contributed by atoms with Gasteiger partial charge in [-0.05, 0) is 30.3 Å². The van der Waals surface area contributed by atoms with Crippen molar-refractivity contribution >= 4 is 50.9 Å². The number of hydrogen-bond donors (Lipinski definition) is 3. The molecule has 2 aromatic carbocycles. The second-order valence-corrected chi connectivity index (χ2v) is 7.21. The van der Waals surface area contributed by atoms with Gasteiger partial charge in [0.05, 0.1) is 11.6 Å². The van der Waals surface area contributed by atoms with Crippen molar-refractivity contribution in [2.24, 2.45) is 0 Å². The summed E-state index contributed by atoms with van der Waals surface area (Å²) in [5.41, 5.74) is 0.434. The minimum Gasteiger partial charge on any atom is -0.489 e. The third-order valence-corrected chi connectivity index (χ3v) is 4.67. The summed E-state index contributed by atoms with van der Waals surface area (Å²) in [6, 6.07) is 11.7. The largest absolute Gasteiger partial charge is 0.489 e. The molecule has 0 radical (unpaired) electrons. The predicted molar refractivity (Wildman–Crippen MR) is 107 cm³/mol. The molecule has 0 aliphatic rings. The van der Waals surface area contributed by atoms with Crippen LogP contribution in [0.25, 0.3) is 0 Å². The van der Waals surface area contributed by atoms with E-state index in [4.69, 9.17) is 27.9 Å². The van der Waals surface area contributed by atoms with Gasteiger partial charge in [0.25, 0.3) is 5.91 Å². The van der Waals surface area contributed by atoms with Gasteiger partial charge in [-0.2, -0.15) is 0 Å². The third kappa shape index (κ3) is 7.03. The van der Waals surface area contributed by atoms with Crippen LogP contribution in [0.2, 0.25) is 10.0 Å². The topological polar surface area (TPSA) is 87.7 Å². The predicted octanol–water partition coefficient (Wildman–Crippen LogP) is 3.04. The van der Waals surface area contributed by atoms with Gasteiger partial charge in [0.1, 0.15) is 23.5 Å². The van der Waals surface area contributed by atoms with Crippen LogP contribution in [0.4, 0.5) is 0 Å². The number of nitrogens with one attached hydrogen (secondary N) is 2. The first-order valence-electron chi connectivity index (χ1n) is 7.92. The van der Waals surface area contributed by atoms with E-state index in [1.807, 2.05) is 0 Å². The summed E-state index contributed by atoms with van der Waals surface area (Å²) in [5.74, 6) is -0.458. The molecule has 0 bridgehead atoms. The lowest BCUT2D eigenvalue weighted by molar-refractivity contribution is -0.120. The van der Waals surface area contributed by atoms with Crippen molar-refractivity contribution in [2.45, 2.75) is 6.10 Å². The van der Waals surface area contributed by atoms with Gasteiger partial charge >= 0.3 is 0 Å². The Morgan fingerprint density at radius 2 is 1.89 bits per heavy atom. The first-order valence-corrected chi connectivity index (χ1v) is 9.47. The van der Waals surface area contributed by atoms with E-state index >= 15 is 0 Å². The van der Waals surface area contributed by atoms with Crippen LogP contribution in [-0.4, -0.2) is 42.7 Å². The maximum atomic E-state index is 12.0. The maximum Gasteiger partial charge on any atom is 0.251 e. The van der Waals surface area contributed by atoms with Crippen molar-refractivity contribution in [3.8, 4) is 5.75 Å². The van der Waals surface area contributed by atoms with Crippen LogP contribution in [0.1, 0.15) is 10.4 Å². The van der Waals surface area contributed by atoms with E-state index in [0.29, 0.717) is 16.3 Å². The Morgan fingerprint density at radius 3 is 2.63 bits per heavy atom. The lowest BCUT2D eigenvalue weighted by Crippen LogP contribution is -2.41. The van der Waals surface area contributed by atoms with E-state index in [0.717, 1.165) is 4.47 Å². The minimum atomic E-state index is -0.954. The first-order chi connectivity index (χ1) is 12.9. The zero-order chi connectivity index (χ0) is 19.8. The van der Waals surface area contributed by atoms with Gasteiger partial charge in [-0.1, -0.05) is 51.3 Å². The number of hydrogen-bond acceptors (Lipinski definition) is 4. The van der Waals surface area contributed by atoms with E-state index in [-0.39, 0.29) is 30.6 Å². The van der Waals surface area contributed by atoms with Crippen molar-refractivity contribution < 1.29 is 19.4 Å². The van der Waals surface area contributed by atoms with Crippen LogP contribution in [0, 0.1) is 0 Å². The summed E-state index contributed by atoms with van der Waals surface area (Å²) in [5, 5.41) is 15.5. The second-order valence-electron chi connectivity index (χ2n) is 5.51. The standard InChI is InChI=1S/C18H17BrCl2N2O4/c19-12-4-1-3-11(7-12)18(26)23-9-16(25)22-8-13(24)10-27-15-6-2-5-14(20)17(15)21/h1-7,13,24H,8-10H2,(H,22,25)(H,23,26). The zero-order valence-electron chi connectivity index (χ0n) is 14.0. The molecular formula is C18H17BrCl2N2O4. The van der Waals surface area contributed by atoms with Crippen LogP contribution >= 0.6 is 39.1 Å². The lowest BCUT2D eigenvalue weighted by Gasteiger charge is -2.14. The molecule has 0 aromatic heterocycles. The molecule has 0 spiro atoms. The Hall–Kier alpha value is -1.80. The number of aliphatic hydroxyl groups is 1. The van der Waals surface area contributed by atoms with E-state index in [1.165, 1.54) is 0 Å². The Balaban J connectivity index is 1.70. The molecule has 144 valence electrons. The molecule has 2 amide bonds. The van der Waals surface area contributed by atoms with Gasteiger partial charge in [-0.3, -0.25) is 9.59 Å². The third-order valence-electron chi connectivity index (χ3n) is 3.38. The van der Waals surface area contributed by atoms with Crippen molar-refractivity contribution in [2.75, 3.05) is 19.7 Å². The highest BCUT2D eigenvalue weighted by molar-refractivity contribution is 9.10. The molecule has 27 heavy (non-hydrogen) atoms. The van der Waals surface area contributed by atoms with Crippen molar-refractivity contribution in [1.82, 2.24) is 10.6 Å². The fourth-order valence-electron chi connectivity index (χ4n) is 2.03. The summed E-state index contributed by atoms with van der Waals surface area (Å²) in [6.07, 6.45) is -0.954. The number of ether oxygens (including phenoxy) is 1. The van der Waals surface area contributed by atoms with Crippen LogP contribution in [0.3, 0.4) is 0 Å². The normalized spacial score (nSPS) is 11.6. The van der Waals surface area contributed by atoms with Gasteiger partial charge < -0.3 is 20.5 Å². The van der Waals surface area contributed by atoms with E-state index in [9.17, 15) is 14.7 Å². The molecule has 2 rings (SSSR count). The summed E-state index contributed by atoms with van der Waals surface area (Å²) >= 11 is 15.1. The highest BCUT2D eigenvalue weighted by Crippen LogP contribution is 2.31. The fraction of sp³-hybridized carbons (Fsp3) is 0.222. The highest BCUT2D eigenvalue weighted by atomic mass is 79.9. The lowest BCUT2D eigenvalue weighted by atomic mass is 10.2. The molecule has 0 aliphatic carbocycles. The average molecular weight is 476 g/mol. The maximum absolute atomic E-state index is 12.0. The molecule has 0 aliphatic heterocycles. The smallest absolute Gasteiger partial charge is 0.251 e. The van der Waals surface area contributed by atoms with Gasteiger partial charge in [0.15, 0.2) is 0 Å². The summed E-state index contributed by atoms with van der Waals surface area (Å²) in [6.45, 7) is -0.326. The number of halogens is 3. The number of amides is 2. The first kappa shape index (κ1) is 21.5. The van der Waals surface area contributed by atoms with E-state index in [1.54, 1.807) is 42.5 Å². The SMILES string of the molecule is O=C(CNC(=O)c1cccc(Br)c1)NCC(O)COc1cccc(Cl)c1Cl. The Labute approximate surface area is 174 Å². The van der Waals surface area contributed by atoms with Gasteiger partial charge in [0, 0.05) is 16.6 Å². The van der Waals surface area contributed by atoms with Crippen LogP contribution in [0.5, 0.6) is 5.75 Å². The second kappa shape index (κ2) is 10.5. The van der Waals surface area contributed by atoms with Gasteiger partial charge in [-0.25, -0.2) is 0 Å². The molecule has 3 N–H and O–H groups in total. The van der Waals surface area contributed by atoms with Crippen molar-refractivity contribution in [3.05, 3.63) is 62.5 Å². The molecule has 0 saturated heterocycles. The van der Waals surface area contributed by atoms with Crippen LogP contribution < -0.4 is 15.4 Å². The molecule has 1 unspecified atom stereocenters. The number of rotatable bonds is 8. The number of aliphatic hydroxyl groups excluding tert-OH is 1. The molecule has 9 heteroatoms. The quantitative estimate of drug-likeness (QED) is 0.547. The number of benzene rings is 2. The van der Waals surface area contributed by atoms with Crippen LogP contribution in [0.15, 0.2) is 46.9 Å². The van der Waals surface area contributed by atoms with E-state index < -0.39 is 12.0 Å². The zero-order valence-corrected chi connectivity index (χ0v) is 17.1. The molecule has 1 atom stereocenters. The molecular weight excluding hydrogens is 459 g/mol. The fourth-order valence-corrected chi connectivity index (χ4v) is 2.77. The molecule has 0 fully saturated rings. The number of carbonyl (C=O) groups excluding carboxylic acids is 2. The van der Waals surface area contributed by atoms with E-state index in [2.05, 4.69) is 26.6 Å². The Kier molecular flexibility index (Phi) is 8.37. The Morgan fingerprint density at radius 1 is 1.15 bits per heavy atom. The molecule has 6 nitrogen and oxygen atoms in total. The summed E-state index contributed by atoms with van der Waals surface area (Å²) in [7, 11) is 0. The number of carbonyl (C=O) groups is 2. The van der Waals surface area contributed by atoms with Gasteiger partial charge in [-0.15, -0.1) is 0 Å². The van der Waals surface area contributed by atoms with Gasteiger partial charge in [0.2, 0.25) is 5.91 Å². The Bertz CT molecular complexity index is 820. The van der Waals surface area contributed by atoms with Crippen LogP contribution in [-0.2, 0) is 4.79 Å². The minimum absolute atomic E-state index is 0.0379. The highest BCUT2D eigenvalue weighted by Gasteiger charge is 2.12. The van der Waals surface area contributed by atoms with Crippen molar-refractivity contribution in [3.63, 3.8) is 0 Å². The molecule has 2 aromatic rings. The summed E-state index contributed by atoms with van der Waals surface area (Å²) in [4.78, 5) is 23.8. The van der Waals surface area contributed by atoms with Crippen molar-refractivity contribution in [1.29, 1.82) is 0 Å². The average Bonchev–Trinajstić information content (AvgIpc) is 2.65. The monoisotopic (exact) mass is 474 g/mol.